The van der Waals surface area contributed by atoms with Gasteiger partial charge in [-0.2, -0.15) is 0 Å². The van der Waals surface area contributed by atoms with Crippen molar-refractivity contribution in [1.82, 2.24) is 4.98 Å². The first-order valence-corrected chi connectivity index (χ1v) is 3.87. The average molecular weight is 172 g/mol. The smallest absolute Gasteiger partial charge is 0.154 e. The molecule has 0 saturated heterocycles. The van der Waals surface area contributed by atoms with E-state index in [4.69, 9.17) is 9.83 Å². The lowest BCUT2D eigenvalue weighted by molar-refractivity contribution is 0.604. The van der Waals surface area contributed by atoms with Gasteiger partial charge in [0.2, 0.25) is 0 Å². The summed E-state index contributed by atoms with van der Waals surface area (Å²) in [7, 11) is 0. The number of hydrogen-bond donors (Lipinski definition) is 1. The van der Waals surface area contributed by atoms with Crippen LogP contribution in [0.1, 0.15) is 5.76 Å². The third-order valence-electron chi connectivity index (χ3n) is 1.76. The highest BCUT2D eigenvalue weighted by Crippen LogP contribution is 2.16. The lowest BCUT2D eigenvalue weighted by atomic mass is 10.3. The molecule has 0 atom stereocenters. The molecule has 0 aliphatic rings. The van der Waals surface area contributed by atoms with E-state index in [9.17, 15) is 0 Å². The van der Waals surface area contributed by atoms with Crippen LogP contribution in [0.25, 0.3) is 11.1 Å². The number of pyridine rings is 1. The first-order valence-electron chi connectivity index (χ1n) is 3.87. The summed E-state index contributed by atoms with van der Waals surface area (Å²) in [6.07, 6.45) is 3.14. The molecule has 0 aliphatic heterocycles. The van der Waals surface area contributed by atoms with Crippen LogP contribution >= 0.6 is 0 Å². The molecule has 64 valence electrons. The molecule has 2 aromatic heterocycles. The Balaban J connectivity index is 2.62. The Labute approximate surface area is 75.2 Å². The molecule has 0 aromatic carbocycles. The highest BCUT2D eigenvalue weighted by Gasteiger charge is 2.05. The molecule has 13 heavy (non-hydrogen) atoms. The van der Waals surface area contributed by atoms with E-state index in [2.05, 4.69) is 11.6 Å². The van der Waals surface area contributed by atoms with Gasteiger partial charge in [-0.3, -0.25) is 10.4 Å². The molecule has 0 fully saturated rings. The summed E-state index contributed by atoms with van der Waals surface area (Å²) in [5, 5.41) is 7.47. The molecule has 3 heteroatoms. The summed E-state index contributed by atoms with van der Waals surface area (Å²) in [4.78, 5) is 4.09. The maximum absolute atomic E-state index is 7.47. The van der Waals surface area contributed by atoms with Crippen molar-refractivity contribution >= 4 is 16.8 Å². The largest absolute Gasteiger partial charge is 0.453 e. The average Bonchev–Trinajstić information content (AvgIpc) is 2.59. The van der Waals surface area contributed by atoms with E-state index in [0.29, 0.717) is 11.3 Å². The minimum atomic E-state index is 0.276. The summed E-state index contributed by atoms with van der Waals surface area (Å²) in [6.45, 7) is 3.50. The Morgan fingerprint density at radius 1 is 1.62 bits per heavy atom. The molecule has 0 radical (unpaired) electrons. The summed E-state index contributed by atoms with van der Waals surface area (Å²) >= 11 is 0. The monoisotopic (exact) mass is 172 g/mol. The number of nitrogens with one attached hydrogen (secondary N) is 1. The molecular weight excluding hydrogens is 164 g/mol. The van der Waals surface area contributed by atoms with Gasteiger partial charge in [0.15, 0.2) is 11.3 Å². The van der Waals surface area contributed by atoms with Crippen molar-refractivity contribution in [1.29, 1.82) is 5.41 Å². The van der Waals surface area contributed by atoms with Gasteiger partial charge < -0.3 is 4.42 Å². The van der Waals surface area contributed by atoms with Gasteiger partial charge >= 0.3 is 0 Å². The summed E-state index contributed by atoms with van der Waals surface area (Å²) in [5.41, 5.74) is 1.74. The van der Waals surface area contributed by atoms with Crippen LogP contribution in [0.15, 0.2) is 41.5 Å². The Hall–Kier alpha value is -1.90. The van der Waals surface area contributed by atoms with Crippen LogP contribution < -0.4 is 0 Å². The van der Waals surface area contributed by atoms with Crippen molar-refractivity contribution in [3.63, 3.8) is 0 Å². The first-order chi connectivity index (χ1) is 6.31. The van der Waals surface area contributed by atoms with Crippen molar-refractivity contribution in [3.05, 3.63) is 42.8 Å². The fraction of sp³-hybridized carbons (Fsp3) is 0. The van der Waals surface area contributed by atoms with Crippen LogP contribution in [0.4, 0.5) is 0 Å². The van der Waals surface area contributed by atoms with Crippen LogP contribution in [0.5, 0.6) is 0 Å². The zero-order valence-electron chi connectivity index (χ0n) is 6.95. The van der Waals surface area contributed by atoms with E-state index in [0.717, 1.165) is 5.52 Å². The van der Waals surface area contributed by atoms with Gasteiger partial charge in [-0.1, -0.05) is 6.58 Å². The number of nitrogens with zero attached hydrogens (tertiary/aromatic N) is 1. The highest BCUT2D eigenvalue weighted by molar-refractivity contribution is 6.05. The predicted molar refractivity (Wildman–Crippen MR) is 51.0 cm³/mol. The summed E-state index contributed by atoms with van der Waals surface area (Å²) < 4.78 is 5.36. The highest BCUT2D eigenvalue weighted by atomic mass is 16.3. The van der Waals surface area contributed by atoms with Gasteiger partial charge in [0.05, 0.1) is 5.71 Å². The Bertz CT molecular complexity index is 437. The van der Waals surface area contributed by atoms with Gasteiger partial charge in [-0.25, -0.2) is 0 Å². The Kier molecular flexibility index (Phi) is 1.70. The molecule has 3 nitrogen and oxygen atoms in total. The third kappa shape index (κ3) is 1.24. The quantitative estimate of drug-likeness (QED) is 0.707. The van der Waals surface area contributed by atoms with Gasteiger partial charge in [0.1, 0.15) is 5.52 Å². The lowest BCUT2D eigenvalue weighted by Gasteiger charge is -1.87. The summed E-state index contributed by atoms with van der Waals surface area (Å²) in [6, 6.07) is 5.36. The van der Waals surface area contributed by atoms with Crippen LogP contribution in [-0.4, -0.2) is 10.7 Å². The Morgan fingerprint density at radius 2 is 2.46 bits per heavy atom. The van der Waals surface area contributed by atoms with Crippen molar-refractivity contribution in [2.24, 2.45) is 0 Å². The maximum atomic E-state index is 7.47. The van der Waals surface area contributed by atoms with E-state index >= 15 is 0 Å². The zero-order valence-corrected chi connectivity index (χ0v) is 6.95. The molecule has 2 rings (SSSR count). The number of allylic oxidation sites excluding steroid dienone is 1. The summed E-state index contributed by atoms with van der Waals surface area (Å²) in [5.74, 6) is 0.503. The molecule has 2 heterocycles. The normalized spacial score (nSPS) is 10.2. The van der Waals surface area contributed by atoms with Crippen molar-refractivity contribution in [2.75, 3.05) is 0 Å². The first kappa shape index (κ1) is 7.73. The molecule has 0 bridgehead atoms. The number of aromatic nitrogens is 1. The number of rotatable bonds is 2. The van der Waals surface area contributed by atoms with Crippen LogP contribution in [0.2, 0.25) is 0 Å². The van der Waals surface area contributed by atoms with Gasteiger partial charge in [0.25, 0.3) is 0 Å². The van der Waals surface area contributed by atoms with Crippen LogP contribution in [0.3, 0.4) is 0 Å². The topological polar surface area (TPSA) is 49.9 Å². The second-order valence-electron chi connectivity index (χ2n) is 2.62. The molecule has 0 spiro atoms. The minimum absolute atomic E-state index is 0.276. The predicted octanol–water partition coefficient (Wildman–Crippen LogP) is 2.38. The molecule has 1 N–H and O–H groups in total. The standard InChI is InChI=1S/C10H8N2O/c1-2-7(11)10-6-8-9(13-10)4-3-5-12-8/h2-6,11H,1H2. The van der Waals surface area contributed by atoms with Crippen molar-refractivity contribution < 1.29 is 4.42 Å². The fourth-order valence-electron chi connectivity index (χ4n) is 1.10. The van der Waals surface area contributed by atoms with Crippen LogP contribution in [-0.2, 0) is 0 Å². The van der Waals surface area contributed by atoms with E-state index < -0.39 is 0 Å². The maximum Gasteiger partial charge on any atom is 0.154 e. The second-order valence-corrected chi connectivity index (χ2v) is 2.62. The molecule has 0 unspecified atom stereocenters. The molecule has 0 saturated carbocycles. The number of hydrogen-bond acceptors (Lipinski definition) is 3. The molecular formula is C10H8N2O. The fourth-order valence-corrected chi connectivity index (χ4v) is 1.10. The third-order valence-corrected chi connectivity index (χ3v) is 1.76. The van der Waals surface area contributed by atoms with E-state index in [1.165, 1.54) is 6.08 Å². The van der Waals surface area contributed by atoms with Gasteiger partial charge in [0, 0.05) is 12.3 Å². The lowest BCUT2D eigenvalue weighted by Crippen LogP contribution is -1.88. The van der Waals surface area contributed by atoms with Crippen molar-refractivity contribution in [3.8, 4) is 0 Å². The van der Waals surface area contributed by atoms with E-state index in [1.54, 1.807) is 18.3 Å². The number of fused-ring (bicyclic) bond motifs is 1. The molecule has 0 aliphatic carbocycles. The van der Waals surface area contributed by atoms with Crippen LogP contribution in [0, 0.1) is 5.41 Å². The zero-order chi connectivity index (χ0) is 9.26. The second kappa shape index (κ2) is 2.86. The van der Waals surface area contributed by atoms with Crippen molar-refractivity contribution in [2.45, 2.75) is 0 Å². The van der Waals surface area contributed by atoms with Gasteiger partial charge in [-0.05, 0) is 18.2 Å². The van der Waals surface area contributed by atoms with E-state index in [1.807, 2.05) is 6.07 Å². The number of furan rings is 1. The molecule has 2 aromatic rings. The SMILES string of the molecule is C=CC(=N)c1cc2ncccc2o1. The van der Waals surface area contributed by atoms with Gasteiger partial charge in [-0.15, -0.1) is 0 Å². The minimum Gasteiger partial charge on any atom is -0.453 e. The molecule has 0 amide bonds. The van der Waals surface area contributed by atoms with E-state index in [-0.39, 0.29) is 5.71 Å². The Morgan fingerprint density at radius 3 is 3.15 bits per heavy atom.